The van der Waals surface area contributed by atoms with Crippen LogP contribution in [0.3, 0.4) is 0 Å². The molecule has 1 amide bonds. The molecule has 0 aliphatic carbocycles. The molecule has 72 valence electrons. The molecule has 0 fully saturated rings. The molecule has 0 spiro atoms. The molecule has 0 saturated carbocycles. The fourth-order valence-corrected chi connectivity index (χ4v) is 0.785. The lowest BCUT2D eigenvalue weighted by atomic mass is 10.1. The second-order valence-corrected chi connectivity index (χ2v) is 3.11. The van der Waals surface area contributed by atoms with Crippen molar-refractivity contribution in [3.05, 3.63) is 0 Å². The Morgan fingerprint density at radius 2 is 2.08 bits per heavy atom. The maximum Gasteiger partial charge on any atom is 0.315 e. The van der Waals surface area contributed by atoms with Gasteiger partial charge < -0.3 is 10.1 Å². The average Bonchev–Trinajstić information content (AvgIpc) is 1.85. The van der Waals surface area contributed by atoms with Gasteiger partial charge in [0.2, 0.25) is 0 Å². The third-order valence-electron chi connectivity index (χ3n) is 1.16. The number of hydrogen-bond acceptors (Lipinski definition) is 2. The topological polar surface area (TPSA) is 38.3 Å². The second-order valence-electron chi connectivity index (χ2n) is 3.11. The number of carbonyl (C=O) groups is 1. The monoisotopic (exact) mass is 181 g/mol. The Bertz CT molecular complexity index is 159. The lowest BCUT2D eigenvalue weighted by molar-refractivity contribution is -0.134. The number of amides is 1. The number of carbonyl (C=O) groups excluding carboxylic acids is 1. The van der Waals surface area contributed by atoms with Gasteiger partial charge in [-0.25, -0.2) is 0 Å². The molecule has 0 heterocycles. The van der Waals surface area contributed by atoms with Crippen molar-refractivity contribution in [3.63, 3.8) is 0 Å². The second kappa shape index (κ2) is 4.35. The van der Waals surface area contributed by atoms with Crippen LogP contribution in [0.1, 0.15) is 13.8 Å². The van der Waals surface area contributed by atoms with Gasteiger partial charge >= 0.3 is 6.43 Å². The molecule has 0 aliphatic heterocycles. The van der Waals surface area contributed by atoms with Gasteiger partial charge in [-0.2, -0.15) is 8.78 Å². The van der Waals surface area contributed by atoms with E-state index in [0.29, 0.717) is 0 Å². The predicted octanol–water partition coefficient (Wildman–Crippen LogP) is 0.793. The minimum absolute atomic E-state index is 0.200. The fraction of sp³-hybridized carbons (Fsp3) is 0.857. The molecule has 0 aromatic heterocycles. The van der Waals surface area contributed by atoms with Crippen molar-refractivity contribution in [2.75, 3.05) is 13.7 Å². The lowest BCUT2D eigenvalue weighted by Crippen LogP contribution is -2.48. The first kappa shape index (κ1) is 11.3. The first-order chi connectivity index (χ1) is 5.39. The SMILES string of the molecule is COCC(C)(C)NC(=O)C(F)F. The summed E-state index contributed by atoms with van der Waals surface area (Å²) >= 11 is 0. The highest BCUT2D eigenvalue weighted by atomic mass is 19.3. The molecule has 0 unspecified atom stereocenters. The molecule has 0 atom stereocenters. The highest BCUT2D eigenvalue weighted by Gasteiger charge is 2.24. The Hall–Kier alpha value is -0.710. The Morgan fingerprint density at radius 3 is 2.42 bits per heavy atom. The van der Waals surface area contributed by atoms with Crippen molar-refractivity contribution < 1.29 is 18.3 Å². The summed E-state index contributed by atoms with van der Waals surface area (Å²) in [6.45, 7) is 3.42. The van der Waals surface area contributed by atoms with E-state index in [4.69, 9.17) is 4.74 Å². The molecule has 0 aliphatic rings. The highest BCUT2D eigenvalue weighted by Crippen LogP contribution is 2.03. The third-order valence-corrected chi connectivity index (χ3v) is 1.16. The Kier molecular flexibility index (Phi) is 4.09. The zero-order valence-corrected chi connectivity index (χ0v) is 7.36. The van der Waals surface area contributed by atoms with E-state index in [1.165, 1.54) is 7.11 Å². The van der Waals surface area contributed by atoms with Crippen LogP contribution in [-0.4, -0.2) is 31.6 Å². The normalized spacial score (nSPS) is 11.8. The molecule has 5 heteroatoms. The van der Waals surface area contributed by atoms with Gasteiger partial charge in [0, 0.05) is 7.11 Å². The van der Waals surface area contributed by atoms with Gasteiger partial charge in [0.05, 0.1) is 12.1 Å². The van der Waals surface area contributed by atoms with E-state index in [9.17, 15) is 13.6 Å². The van der Waals surface area contributed by atoms with Crippen molar-refractivity contribution in [3.8, 4) is 0 Å². The van der Waals surface area contributed by atoms with Crippen molar-refractivity contribution in [2.45, 2.75) is 25.8 Å². The molecule has 0 aromatic rings. The Balaban J connectivity index is 3.96. The lowest BCUT2D eigenvalue weighted by Gasteiger charge is -2.24. The quantitative estimate of drug-likeness (QED) is 0.696. The van der Waals surface area contributed by atoms with Crippen LogP contribution in [0.5, 0.6) is 0 Å². The molecule has 0 aromatic carbocycles. The van der Waals surface area contributed by atoms with Gasteiger partial charge in [0.15, 0.2) is 0 Å². The maximum absolute atomic E-state index is 11.7. The first-order valence-electron chi connectivity index (χ1n) is 3.48. The van der Waals surface area contributed by atoms with Crippen molar-refractivity contribution in [2.24, 2.45) is 0 Å². The summed E-state index contributed by atoms with van der Waals surface area (Å²) in [4.78, 5) is 10.5. The Labute approximate surface area is 70.1 Å². The van der Waals surface area contributed by atoms with Crippen molar-refractivity contribution >= 4 is 5.91 Å². The van der Waals surface area contributed by atoms with E-state index in [-0.39, 0.29) is 6.61 Å². The Morgan fingerprint density at radius 1 is 1.58 bits per heavy atom. The van der Waals surface area contributed by atoms with Crippen LogP contribution in [0, 0.1) is 0 Å². The molecule has 1 N–H and O–H groups in total. The smallest absolute Gasteiger partial charge is 0.315 e. The molecule has 0 saturated heterocycles. The van der Waals surface area contributed by atoms with Crippen LogP contribution in [0.15, 0.2) is 0 Å². The fourth-order valence-electron chi connectivity index (χ4n) is 0.785. The number of methoxy groups -OCH3 is 1. The standard InChI is InChI=1S/C7H13F2NO2/c1-7(2,4-12-3)10-6(11)5(8)9/h5H,4H2,1-3H3,(H,10,11). The molecule has 3 nitrogen and oxygen atoms in total. The summed E-state index contributed by atoms with van der Waals surface area (Å²) < 4.78 is 28.2. The third kappa shape index (κ3) is 4.23. The molecule has 0 radical (unpaired) electrons. The zero-order chi connectivity index (χ0) is 9.78. The number of nitrogens with one attached hydrogen (secondary N) is 1. The van der Waals surface area contributed by atoms with Crippen LogP contribution in [0.4, 0.5) is 8.78 Å². The molecular weight excluding hydrogens is 168 g/mol. The van der Waals surface area contributed by atoms with Crippen LogP contribution in [0.2, 0.25) is 0 Å². The van der Waals surface area contributed by atoms with E-state index < -0.39 is 17.9 Å². The van der Waals surface area contributed by atoms with Gasteiger partial charge in [-0.15, -0.1) is 0 Å². The summed E-state index contributed by atoms with van der Waals surface area (Å²) in [6.07, 6.45) is -2.97. The van der Waals surface area contributed by atoms with Gasteiger partial charge in [0.1, 0.15) is 0 Å². The van der Waals surface area contributed by atoms with Crippen LogP contribution < -0.4 is 5.32 Å². The molecular formula is C7H13F2NO2. The van der Waals surface area contributed by atoms with Crippen molar-refractivity contribution in [1.29, 1.82) is 0 Å². The van der Waals surface area contributed by atoms with Gasteiger partial charge in [-0.3, -0.25) is 4.79 Å². The predicted molar refractivity (Wildman–Crippen MR) is 40.1 cm³/mol. The van der Waals surface area contributed by atoms with E-state index in [1.807, 2.05) is 0 Å². The minimum atomic E-state index is -2.97. The van der Waals surface area contributed by atoms with Gasteiger partial charge in [0.25, 0.3) is 5.91 Å². The van der Waals surface area contributed by atoms with E-state index in [1.54, 1.807) is 13.8 Å². The maximum atomic E-state index is 11.7. The van der Waals surface area contributed by atoms with Crippen molar-refractivity contribution in [1.82, 2.24) is 5.32 Å². The highest BCUT2D eigenvalue weighted by molar-refractivity contribution is 5.79. The van der Waals surface area contributed by atoms with E-state index in [0.717, 1.165) is 0 Å². The molecule has 0 rings (SSSR count). The molecule has 12 heavy (non-hydrogen) atoms. The van der Waals surface area contributed by atoms with Gasteiger partial charge in [-0.05, 0) is 13.8 Å². The molecule has 0 bridgehead atoms. The average molecular weight is 181 g/mol. The van der Waals surface area contributed by atoms with Crippen LogP contribution >= 0.6 is 0 Å². The number of ether oxygens (including phenoxy) is 1. The summed E-state index contributed by atoms with van der Waals surface area (Å²) in [5, 5.41) is 2.14. The number of hydrogen-bond donors (Lipinski definition) is 1. The first-order valence-corrected chi connectivity index (χ1v) is 3.48. The number of halogens is 2. The summed E-state index contributed by atoms with van der Waals surface area (Å²) in [5.41, 5.74) is -0.748. The minimum Gasteiger partial charge on any atom is -0.382 e. The number of alkyl halides is 2. The summed E-state index contributed by atoms with van der Waals surface area (Å²) in [5.74, 6) is -1.27. The van der Waals surface area contributed by atoms with Gasteiger partial charge in [-0.1, -0.05) is 0 Å². The van der Waals surface area contributed by atoms with Crippen LogP contribution in [0.25, 0.3) is 0 Å². The van der Waals surface area contributed by atoms with Crippen LogP contribution in [-0.2, 0) is 9.53 Å². The zero-order valence-electron chi connectivity index (χ0n) is 7.36. The van der Waals surface area contributed by atoms with E-state index >= 15 is 0 Å². The summed E-state index contributed by atoms with van der Waals surface area (Å²) in [7, 11) is 1.44. The van der Waals surface area contributed by atoms with E-state index in [2.05, 4.69) is 5.32 Å². The number of rotatable bonds is 4. The largest absolute Gasteiger partial charge is 0.382 e. The summed E-state index contributed by atoms with van der Waals surface area (Å²) in [6, 6.07) is 0.